The molecule has 1 N–H and O–H groups in total. The second-order valence-corrected chi connectivity index (χ2v) is 7.07. The lowest BCUT2D eigenvalue weighted by molar-refractivity contribution is 0.0528. The molecule has 0 aliphatic heterocycles. The van der Waals surface area contributed by atoms with E-state index in [1.807, 2.05) is 55.8 Å². The number of carbonyl (C=O) groups excluding carboxylic acids is 1. The Hall–Kier alpha value is -2.37. The second-order valence-electron chi connectivity index (χ2n) is 7.07. The summed E-state index contributed by atoms with van der Waals surface area (Å²) in [7, 11) is 0. The first-order valence-corrected chi connectivity index (χ1v) is 8.40. The highest BCUT2D eigenvalue weighted by Crippen LogP contribution is 2.35. The lowest BCUT2D eigenvalue weighted by Crippen LogP contribution is -2.33. The molecule has 0 atom stereocenters. The largest absolute Gasteiger partial charge is 0.444 e. The molecule has 128 valence electrons. The normalized spacial score (nSPS) is 14.5. The van der Waals surface area contributed by atoms with E-state index in [1.165, 1.54) is 0 Å². The van der Waals surface area contributed by atoms with E-state index in [-0.39, 0.29) is 0 Å². The molecule has 1 fully saturated rings. The van der Waals surface area contributed by atoms with Crippen LogP contribution < -0.4 is 5.32 Å². The number of amides is 1. The number of nitrogens with one attached hydrogen (secondary N) is 1. The summed E-state index contributed by atoms with van der Waals surface area (Å²) in [6.45, 7) is 6.03. The van der Waals surface area contributed by atoms with Crippen LogP contribution in [0.25, 0.3) is 11.4 Å². The van der Waals surface area contributed by atoms with Crippen LogP contribution in [0.4, 0.5) is 4.79 Å². The van der Waals surface area contributed by atoms with Crippen LogP contribution in [0, 0.1) is 0 Å². The van der Waals surface area contributed by atoms with Gasteiger partial charge in [-0.25, -0.2) is 14.5 Å². The van der Waals surface area contributed by atoms with Crippen LogP contribution >= 0.6 is 0 Å². The fraction of sp³-hybridized carbons (Fsp3) is 0.500. The van der Waals surface area contributed by atoms with Crippen LogP contribution in [-0.4, -0.2) is 33.0 Å². The van der Waals surface area contributed by atoms with Crippen molar-refractivity contribution in [3.63, 3.8) is 0 Å². The lowest BCUT2D eigenvalue weighted by Gasteiger charge is -2.19. The Kier molecular flexibility index (Phi) is 4.55. The summed E-state index contributed by atoms with van der Waals surface area (Å²) in [5.41, 5.74) is 0.525. The molecule has 6 nitrogen and oxygen atoms in total. The molecule has 0 bridgehead atoms. The highest BCUT2D eigenvalue weighted by Gasteiger charge is 2.28. The van der Waals surface area contributed by atoms with Gasteiger partial charge in [-0.3, -0.25) is 0 Å². The number of alkyl carbamates (subject to hydrolysis) is 1. The summed E-state index contributed by atoms with van der Waals surface area (Å²) in [5.74, 6) is 1.65. The number of ether oxygens (including phenoxy) is 1. The summed E-state index contributed by atoms with van der Waals surface area (Å²) in [4.78, 5) is 16.4. The molecule has 3 rings (SSSR count). The Labute approximate surface area is 142 Å². The summed E-state index contributed by atoms with van der Waals surface area (Å²) in [5, 5.41) is 7.44. The molecule has 0 unspecified atom stereocenters. The fourth-order valence-electron chi connectivity index (χ4n) is 2.44. The maximum atomic E-state index is 11.7. The van der Waals surface area contributed by atoms with Gasteiger partial charge in [0.25, 0.3) is 0 Å². The molecule has 6 heteroatoms. The van der Waals surface area contributed by atoms with Gasteiger partial charge in [0.2, 0.25) is 0 Å². The zero-order valence-electron chi connectivity index (χ0n) is 14.5. The zero-order chi connectivity index (χ0) is 17.2. The number of nitrogens with zero attached hydrogens (tertiary/aromatic N) is 3. The minimum absolute atomic E-state index is 0.400. The summed E-state index contributed by atoms with van der Waals surface area (Å²) in [6, 6.07) is 10.4. The van der Waals surface area contributed by atoms with Crippen molar-refractivity contribution >= 4 is 6.09 Å². The van der Waals surface area contributed by atoms with E-state index in [2.05, 4.69) is 15.4 Å². The summed E-state index contributed by atoms with van der Waals surface area (Å²) >= 11 is 0. The Morgan fingerprint density at radius 2 is 2.00 bits per heavy atom. The highest BCUT2D eigenvalue weighted by molar-refractivity contribution is 5.67. The van der Waals surface area contributed by atoms with Crippen LogP contribution in [0.3, 0.4) is 0 Å². The third kappa shape index (κ3) is 4.34. The molecule has 2 aromatic rings. The average molecular weight is 328 g/mol. The number of aromatic nitrogens is 3. The highest BCUT2D eigenvalue weighted by atomic mass is 16.6. The quantitative estimate of drug-likeness (QED) is 0.914. The van der Waals surface area contributed by atoms with Crippen molar-refractivity contribution in [2.75, 3.05) is 6.54 Å². The van der Waals surface area contributed by atoms with E-state index in [9.17, 15) is 4.79 Å². The van der Waals surface area contributed by atoms with Crippen molar-refractivity contribution in [1.82, 2.24) is 20.1 Å². The predicted molar refractivity (Wildman–Crippen MR) is 91.7 cm³/mol. The minimum Gasteiger partial charge on any atom is -0.444 e. The van der Waals surface area contributed by atoms with Crippen LogP contribution in [0.1, 0.15) is 45.5 Å². The molecular weight excluding hydrogens is 304 g/mol. The average Bonchev–Trinajstić information content (AvgIpc) is 3.27. The van der Waals surface area contributed by atoms with Gasteiger partial charge in [-0.1, -0.05) is 30.3 Å². The first-order chi connectivity index (χ1) is 11.4. The smallest absolute Gasteiger partial charge is 0.407 e. The first kappa shape index (κ1) is 16.5. The molecule has 1 aromatic carbocycles. The van der Waals surface area contributed by atoms with Crippen LogP contribution in [0.2, 0.25) is 0 Å². The fourth-order valence-corrected chi connectivity index (χ4v) is 2.44. The molecule has 1 amide bonds. The SMILES string of the molecule is CC(C)(C)OC(=O)NCCc1nc(-c2ccccc2)nn1C1CC1. The van der Waals surface area contributed by atoms with Gasteiger partial charge in [-0.15, -0.1) is 0 Å². The van der Waals surface area contributed by atoms with Crippen molar-refractivity contribution in [2.45, 2.75) is 51.7 Å². The Morgan fingerprint density at radius 1 is 1.29 bits per heavy atom. The van der Waals surface area contributed by atoms with E-state index in [0.717, 1.165) is 30.1 Å². The van der Waals surface area contributed by atoms with E-state index < -0.39 is 11.7 Å². The lowest BCUT2D eigenvalue weighted by atomic mass is 10.2. The van der Waals surface area contributed by atoms with Crippen molar-refractivity contribution in [3.05, 3.63) is 36.2 Å². The Balaban J connectivity index is 1.65. The molecule has 0 radical (unpaired) electrons. The van der Waals surface area contributed by atoms with Gasteiger partial charge in [0.05, 0.1) is 6.04 Å². The standard InChI is InChI=1S/C18H24N4O2/c1-18(2,3)24-17(23)19-12-11-15-20-16(13-7-5-4-6-8-13)21-22(15)14-9-10-14/h4-8,14H,9-12H2,1-3H3,(H,19,23). The summed E-state index contributed by atoms with van der Waals surface area (Å²) in [6.07, 6.45) is 2.52. The van der Waals surface area contributed by atoms with Crippen LogP contribution in [0.5, 0.6) is 0 Å². The van der Waals surface area contributed by atoms with Crippen LogP contribution in [0.15, 0.2) is 30.3 Å². The van der Waals surface area contributed by atoms with Gasteiger partial charge in [0, 0.05) is 18.5 Å². The maximum Gasteiger partial charge on any atom is 0.407 e. The van der Waals surface area contributed by atoms with E-state index >= 15 is 0 Å². The van der Waals surface area contributed by atoms with Gasteiger partial charge < -0.3 is 10.1 Å². The molecule has 1 aliphatic rings. The molecule has 0 saturated heterocycles. The van der Waals surface area contributed by atoms with Crippen molar-refractivity contribution in [2.24, 2.45) is 0 Å². The maximum absolute atomic E-state index is 11.7. The van der Waals surface area contributed by atoms with E-state index in [4.69, 9.17) is 4.74 Å². The summed E-state index contributed by atoms with van der Waals surface area (Å²) < 4.78 is 7.26. The number of hydrogen-bond donors (Lipinski definition) is 1. The van der Waals surface area contributed by atoms with E-state index in [1.54, 1.807) is 0 Å². The Morgan fingerprint density at radius 3 is 2.62 bits per heavy atom. The molecule has 1 heterocycles. The van der Waals surface area contributed by atoms with Crippen molar-refractivity contribution < 1.29 is 9.53 Å². The number of carbonyl (C=O) groups is 1. The van der Waals surface area contributed by atoms with E-state index in [0.29, 0.717) is 19.0 Å². The monoisotopic (exact) mass is 328 g/mol. The van der Waals surface area contributed by atoms with Crippen molar-refractivity contribution in [3.8, 4) is 11.4 Å². The third-order valence-corrected chi connectivity index (χ3v) is 3.64. The molecule has 1 aromatic heterocycles. The first-order valence-electron chi connectivity index (χ1n) is 8.40. The second kappa shape index (κ2) is 6.63. The number of hydrogen-bond acceptors (Lipinski definition) is 4. The molecule has 0 spiro atoms. The number of rotatable bonds is 5. The zero-order valence-corrected chi connectivity index (χ0v) is 14.5. The van der Waals surface area contributed by atoms with Gasteiger partial charge in [0.1, 0.15) is 11.4 Å². The topological polar surface area (TPSA) is 69.0 Å². The van der Waals surface area contributed by atoms with Gasteiger partial charge >= 0.3 is 6.09 Å². The van der Waals surface area contributed by atoms with Crippen molar-refractivity contribution in [1.29, 1.82) is 0 Å². The molecule has 24 heavy (non-hydrogen) atoms. The molecular formula is C18H24N4O2. The predicted octanol–water partition coefficient (Wildman–Crippen LogP) is 3.35. The van der Waals surface area contributed by atoms with Crippen LogP contribution in [-0.2, 0) is 11.2 Å². The van der Waals surface area contributed by atoms with Gasteiger partial charge in [-0.2, -0.15) is 5.10 Å². The Bertz CT molecular complexity index is 700. The molecule has 1 saturated carbocycles. The van der Waals surface area contributed by atoms with Gasteiger partial charge in [-0.05, 0) is 33.6 Å². The minimum atomic E-state index is -0.488. The molecule has 1 aliphatic carbocycles. The third-order valence-electron chi connectivity index (χ3n) is 3.64. The van der Waals surface area contributed by atoms with Gasteiger partial charge in [0.15, 0.2) is 5.82 Å². The number of benzene rings is 1.